The largest absolute Gasteiger partial charge is 0.497 e. The molecule has 1 saturated heterocycles. The van der Waals surface area contributed by atoms with Gasteiger partial charge in [0.1, 0.15) is 24.8 Å². The van der Waals surface area contributed by atoms with Crippen LogP contribution in [0.2, 0.25) is 0 Å². The number of rotatable bonds is 3. The standard InChI is InChI=1S/C17H25NO3/c1-17(2,3)21-11-18-8-7-13-14-6-5-12(19-4)9-16(14)20-10-15(13)18/h5-6,9,13,15H,7-8,10-11H2,1-4H3. The molecule has 0 saturated carbocycles. The third-order valence-corrected chi connectivity index (χ3v) is 4.35. The minimum absolute atomic E-state index is 0.0983. The molecule has 4 nitrogen and oxygen atoms in total. The Balaban J connectivity index is 1.73. The van der Waals surface area contributed by atoms with Gasteiger partial charge in [-0.3, -0.25) is 4.90 Å². The van der Waals surface area contributed by atoms with Crippen molar-refractivity contribution in [2.75, 3.05) is 27.0 Å². The zero-order valence-corrected chi connectivity index (χ0v) is 13.4. The first kappa shape index (κ1) is 14.7. The van der Waals surface area contributed by atoms with Crippen LogP contribution in [0, 0.1) is 0 Å². The van der Waals surface area contributed by atoms with Gasteiger partial charge in [-0.25, -0.2) is 0 Å². The van der Waals surface area contributed by atoms with E-state index in [9.17, 15) is 0 Å². The van der Waals surface area contributed by atoms with Gasteiger partial charge in [0.05, 0.1) is 18.8 Å². The molecule has 0 aliphatic carbocycles. The maximum absolute atomic E-state index is 5.96. The van der Waals surface area contributed by atoms with Crippen LogP contribution < -0.4 is 9.47 Å². The fourth-order valence-corrected chi connectivity index (χ4v) is 3.19. The van der Waals surface area contributed by atoms with Crippen LogP contribution in [0.15, 0.2) is 18.2 Å². The van der Waals surface area contributed by atoms with Crippen molar-refractivity contribution in [1.29, 1.82) is 0 Å². The molecule has 2 atom stereocenters. The lowest BCUT2D eigenvalue weighted by atomic mass is 9.89. The normalized spacial score (nSPS) is 25.1. The third kappa shape index (κ3) is 3.01. The number of hydrogen-bond donors (Lipinski definition) is 0. The van der Waals surface area contributed by atoms with Crippen LogP contribution in [0.25, 0.3) is 0 Å². The van der Waals surface area contributed by atoms with Crippen molar-refractivity contribution in [2.45, 2.75) is 44.8 Å². The van der Waals surface area contributed by atoms with Crippen LogP contribution in [0.3, 0.4) is 0 Å². The second kappa shape index (κ2) is 5.50. The molecule has 2 unspecified atom stereocenters. The number of fused-ring (bicyclic) bond motifs is 3. The van der Waals surface area contributed by atoms with Crippen molar-refractivity contribution in [3.8, 4) is 11.5 Å². The van der Waals surface area contributed by atoms with E-state index in [4.69, 9.17) is 14.2 Å². The van der Waals surface area contributed by atoms with Gasteiger partial charge in [0, 0.05) is 18.5 Å². The first-order valence-corrected chi connectivity index (χ1v) is 7.67. The number of nitrogens with zero attached hydrogens (tertiary/aromatic N) is 1. The fraction of sp³-hybridized carbons (Fsp3) is 0.647. The van der Waals surface area contributed by atoms with E-state index in [1.807, 2.05) is 12.1 Å². The highest BCUT2D eigenvalue weighted by molar-refractivity contribution is 5.45. The van der Waals surface area contributed by atoms with E-state index >= 15 is 0 Å². The molecule has 0 radical (unpaired) electrons. The molecule has 1 fully saturated rings. The quantitative estimate of drug-likeness (QED) is 0.856. The van der Waals surface area contributed by atoms with E-state index in [-0.39, 0.29) is 5.60 Å². The molecule has 2 heterocycles. The molecule has 116 valence electrons. The molecule has 1 aromatic carbocycles. The first-order chi connectivity index (χ1) is 9.98. The Kier molecular flexibility index (Phi) is 3.84. The molecule has 3 rings (SSSR count). The summed E-state index contributed by atoms with van der Waals surface area (Å²) in [5.74, 6) is 2.38. The third-order valence-electron chi connectivity index (χ3n) is 4.35. The highest BCUT2D eigenvalue weighted by Crippen LogP contribution is 2.43. The van der Waals surface area contributed by atoms with Gasteiger partial charge in [0.2, 0.25) is 0 Å². The molecule has 0 bridgehead atoms. The lowest BCUT2D eigenvalue weighted by Gasteiger charge is -2.34. The highest BCUT2D eigenvalue weighted by Gasteiger charge is 2.40. The maximum Gasteiger partial charge on any atom is 0.126 e. The molecule has 4 heteroatoms. The molecule has 0 N–H and O–H groups in total. The maximum atomic E-state index is 5.96. The zero-order valence-electron chi connectivity index (χ0n) is 13.4. The molecular weight excluding hydrogens is 266 g/mol. The molecule has 0 aromatic heterocycles. The molecule has 2 aliphatic heterocycles. The molecule has 0 spiro atoms. The van der Waals surface area contributed by atoms with Gasteiger partial charge in [0.25, 0.3) is 0 Å². The number of hydrogen-bond acceptors (Lipinski definition) is 4. The van der Waals surface area contributed by atoms with Crippen molar-refractivity contribution in [3.05, 3.63) is 23.8 Å². The van der Waals surface area contributed by atoms with Crippen LogP contribution in [0.4, 0.5) is 0 Å². The second-order valence-corrected chi connectivity index (χ2v) is 6.88. The van der Waals surface area contributed by atoms with E-state index < -0.39 is 0 Å². The topological polar surface area (TPSA) is 30.9 Å². The summed E-state index contributed by atoms with van der Waals surface area (Å²) in [7, 11) is 1.69. The average Bonchev–Trinajstić information content (AvgIpc) is 2.87. The van der Waals surface area contributed by atoms with E-state index in [0.717, 1.165) is 24.7 Å². The predicted molar refractivity (Wildman–Crippen MR) is 82.0 cm³/mol. The number of methoxy groups -OCH3 is 1. The van der Waals surface area contributed by atoms with Crippen molar-refractivity contribution >= 4 is 0 Å². The van der Waals surface area contributed by atoms with Crippen molar-refractivity contribution in [3.63, 3.8) is 0 Å². The lowest BCUT2D eigenvalue weighted by Crippen LogP contribution is -2.42. The van der Waals surface area contributed by atoms with Gasteiger partial charge >= 0.3 is 0 Å². The monoisotopic (exact) mass is 291 g/mol. The number of likely N-dealkylation sites (tertiary alicyclic amines) is 1. The first-order valence-electron chi connectivity index (χ1n) is 7.67. The Labute approximate surface area is 127 Å². The number of ether oxygens (including phenoxy) is 3. The Morgan fingerprint density at radius 2 is 2.14 bits per heavy atom. The summed E-state index contributed by atoms with van der Waals surface area (Å²) in [5, 5.41) is 0. The molecule has 1 aromatic rings. The van der Waals surface area contributed by atoms with Gasteiger partial charge < -0.3 is 14.2 Å². The summed E-state index contributed by atoms with van der Waals surface area (Å²) in [6.45, 7) is 8.77. The molecule has 21 heavy (non-hydrogen) atoms. The smallest absolute Gasteiger partial charge is 0.126 e. The Morgan fingerprint density at radius 3 is 2.86 bits per heavy atom. The Bertz CT molecular complexity index is 509. The van der Waals surface area contributed by atoms with E-state index in [2.05, 4.69) is 31.7 Å². The number of benzene rings is 1. The Hall–Kier alpha value is -1.26. The van der Waals surface area contributed by atoms with E-state index in [1.54, 1.807) is 7.11 Å². The summed E-state index contributed by atoms with van der Waals surface area (Å²) in [4.78, 5) is 2.41. The highest BCUT2D eigenvalue weighted by atomic mass is 16.5. The Morgan fingerprint density at radius 1 is 1.33 bits per heavy atom. The van der Waals surface area contributed by atoms with Crippen LogP contribution in [-0.2, 0) is 4.74 Å². The summed E-state index contributed by atoms with van der Waals surface area (Å²) < 4.78 is 17.2. The van der Waals surface area contributed by atoms with E-state index in [1.165, 1.54) is 12.0 Å². The molecular formula is C17H25NO3. The van der Waals surface area contributed by atoms with Gasteiger partial charge in [-0.05, 0) is 38.8 Å². The summed E-state index contributed by atoms with van der Waals surface area (Å²) in [6.07, 6.45) is 1.17. The van der Waals surface area contributed by atoms with Crippen molar-refractivity contribution in [2.24, 2.45) is 0 Å². The summed E-state index contributed by atoms with van der Waals surface area (Å²) in [5.41, 5.74) is 1.21. The summed E-state index contributed by atoms with van der Waals surface area (Å²) in [6, 6.07) is 6.60. The lowest BCUT2D eigenvalue weighted by molar-refractivity contribution is -0.0728. The van der Waals surface area contributed by atoms with Gasteiger partial charge in [-0.1, -0.05) is 6.07 Å². The van der Waals surface area contributed by atoms with Crippen molar-refractivity contribution < 1.29 is 14.2 Å². The SMILES string of the molecule is COc1ccc2c(c1)OCC1C2CCN1COC(C)(C)C. The predicted octanol–water partition coefficient (Wildman–Crippen LogP) is 3.02. The zero-order chi connectivity index (χ0) is 15.0. The van der Waals surface area contributed by atoms with Gasteiger partial charge in [-0.15, -0.1) is 0 Å². The minimum atomic E-state index is -0.0983. The fourth-order valence-electron chi connectivity index (χ4n) is 3.19. The minimum Gasteiger partial charge on any atom is -0.497 e. The van der Waals surface area contributed by atoms with Crippen LogP contribution in [-0.4, -0.2) is 43.5 Å². The molecule has 2 aliphatic rings. The van der Waals surface area contributed by atoms with Gasteiger partial charge in [-0.2, -0.15) is 0 Å². The second-order valence-electron chi connectivity index (χ2n) is 6.88. The average molecular weight is 291 g/mol. The van der Waals surface area contributed by atoms with Crippen LogP contribution in [0.5, 0.6) is 11.5 Å². The van der Waals surface area contributed by atoms with Crippen molar-refractivity contribution in [1.82, 2.24) is 4.90 Å². The van der Waals surface area contributed by atoms with Crippen LogP contribution in [0.1, 0.15) is 38.7 Å². The molecule has 0 amide bonds. The van der Waals surface area contributed by atoms with Gasteiger partial charge in [0.15, 0.2) is 0 Å². The van der Waals surface area contributed by atoms with E-state index in [0.29, 0.717) is 18.7 Å². The summed E-state index contributed by atoms with van der Waals surface area (Å²) >= 11 is 0. The van der Waals surface area contributed by atoms with Crippen LogP contribution >= 0.6 is 0 Å².